The SMILES string of the molecule is Cc1cc(C(C)c2nnc(NC(C)C3CCOCC3)c3ccccc23)ccn1. The minimum Gasteiger partial charge on any atom is -0.381 e. The van der Waals surface area contributed by atoms with E-state index >= 15 is 0 Å². The van der Waals surface area contributed by atoms with Gasteiger partial charge in [-0.15, -0.1) is 5.10 Å². The lowest BCUT2D eigenvalue weighted by Gasteiger charge is -2.29. The summed E-state index contributed by atoms with van der Waals surface area (Å²) in [7, 11) is 0. The Morgan fingerprint density at radius 2 is 1.79 bits per heavy atom. The fourth-order valence-corrected chi connectivity index (χ4v) is 4.10. The van der Waals surface area contributed by atoms with Crippen molar-refractivity contribution in [3.05, 3.63) is 59.5 Å². The average Bonchev–Trinajstić information content (AvgIpc) is 2.74. The Morgan fingerprint density at radius 3 is 2.54 bits per heavy atom. The Balaban J connectivity index is 1.66. The Labute approximate surface area is 166 Å². The van der Waals surface area contributed by atoms with Crippen LogP contribution in [-0.2, 0) is 4.74 Å². The molecule has 1 aromatic carbocycles. The third-order valence-electron chi connectivity index (χ3n) is 5.88. The predicted octanol–water partition coefficient (Wildman–Crippen LogP) is 4.71. The molecular weight excluding hydrogens is 348 g/mol. The van der Waals surface area contributed by atoms with Gasteiger partial charge in [-0.25, -0.2) is 0 Å². The van der Waals surface area contributed by atoms with Crippen LogP contribution < -0.4 is 5.32 Å². The number of anilines is 1. The molecule has 2 atom stereocenters. The Morgan fingerprint density at radius 1 is 1.04 bits per heavy atom. The number of hydrogen-bond acceptors (Lipinski definition) is 5. The van der Waals surface area contributed by atoms with E-state index in [0.29, 0.717) is 12.0 Å². The van der Waals surface area contributed by atoms with Crippen molar-refractivity contribution >= 4 is 16.6 Å². The molecule has 146 valence electrons. The number of rotatable bonds is 5. The molecule has 0 spiro atoms. The predicted molar refractivity (Wildman–Crippen MR) is 113 cm³/mol. The molecule has 1 saturated heterocycles. The van der Waals surface area contributed by atoms with Crippen LogP contribution in [0.1, 0.15) is 49.6 Å². The van der Waals surface area contributed by atoms with Gasteiger partial charge in [-0.3, -0.25) is 4.98 Å². The second kappa shape index (κ2) is 8.23. The van der Waals surface area contributed by atoms with E-state index in [1.165, 1.54) is 5.56 Å². The zero-order chi connectivity index (χ0) is 19.5. The highest BCUT2D eigenvalue weighted by Crippen LogP contribution is 2.32. The van der Waals surface area contributed by atoms with E-state index in [4.69, 9.17) is 4.74 Å². The Hall–Kier alpha value is -2.53. The Bertz CT molecular complexity index is 952. The van der Waals surface area contributed by atoms with Gasteiger partial charge in [-0.05, 0) is 50.3 Å². The molecule has 5 nitrogen and oxygen atoms in total. The van der Waals surface area contributed by atoms with Gasteiger partial charge in [0.05, 0.1) is 5.69 Å². The number of aryl methyl sites for hydroxylation is 1. The summed E-state index contributed by atoms with van der Waals surface area (Å²) in [5, 5.41) is 15.2. The van der Waals surface area contributed by atoms with E-state index in [2.05, 4.69) is 70.7 Å². The van der Waals surface area contributed by atoms with Crippen LogP contribution in [0.4, 0.5) is 5.82 Å². The summed E-state index contributed by atoms with van der Waals surface area (Å²) in [6, 6.07) is 13.0. The molecule has 28 heavy (non-hydrogen) atoms. The molecule has 2 aromatic heterocycles. The molecule has 0 amide bonds. The maximum absolute atomic E-state index is 5.50. The standard InChI is InChI=1S/C23H28N4O/c1-15-14-19(8-11-24-15)16(2)22-20-6-4-5-7-21(20)23(27-26-22)25-17(3)18-9-12-28-13-10-18/h4-8,11,14,16-18H,9-10,12-13H2,1-3H3,(H,25,27). The summed E-state index contributed by atoms with van der Waals surface area (Å²) in [6.07, 6.45) is 4.05. The maximum Gasteiger partial charge on any atom is 0.156 e. The third-order valence-corrected chi connectivity index (χ3v) is 5.88. The molecule has 1 aliphatic rings. The summed E-state index contributed by atoms with van der Waals surface area (Å²) in [5.74, 6) is 1.63. The number of benzene rings is 1. The zero-order valence-corrected chi connectivity index (χ0v) is 16.9. The van der Waals surface area contributed by atoms with E-state index in [0.717, 1.165) is 54.0 Å². The molecule has 5 heteroatoms. The lowest BCUT2D eigenvalue weighted by molar-refractivity contribution is 0.0622. The first-order valence-corrected chi connectivity index (χ1v) is 10.2. The fourth-order valence-electron chi connectivity index (χ4n) is 4.10. The Kier molecular flexibility index (Phi) is 5.53. The minimum atomic E-state index is 0.154. The van der Waals surface area contributed by atoms with Gasteiger partial charge in [0, 0.05) is 47.8 Å². The van der Waals surface area contributed by atoms with Crippen molar-refractivity contribution in [3.63, 3.8) is 0 Å². The molecule has 3 heterocycles. The van der Waals surface area contributed by atoms with Gasteiger partial charge in [0.1, 0.15) is 0 Å². The van der Waals surface area contributed by atoms with Gasteiger partial charge in [0.25, 0.3) is 0 Å². The van der Waals surface area contributed by atoms with Crippen molar-refractivity contribution in [1.82, 2.24) is 15.2 Å². The van der Waals surface area contributed by atoms with Gasteiger partial charge < -0.3 is 10.1 Å². The third kappa shape index (κ3) is 3.85. The van der Waals surface area contributed by atoms with Gasteiger partial charge in [0.2, 0.25) is 0 Å². The van der Waals surface area contributed by atoms with Crippen LogP contribution in [0.2, 0.25) is 0 Å². The summed E-state index contributed by atoms with van der Waals surface area (Å²) in [5.41, 5.74) is 3.24. The maximum atomic E-state index is 5.50. The van der Waals surface area contributed by atoms with Crippen LogP contribution in [0.3, 0.4) is 0 Å². The number of pyridine rings is 1. The molecule has 2 unspecified atom stereocenters. The lowest BCUT2D eigenvalue weighted by atomic mass is 9.92. The molecular formula is C23H28N4O. The molecule has 1 fully saturated rings. The number of fused-ring (bicyclic) bond motifs is 1. The number of hydrogen-bond donors (Lipinski definition) is 1. The summed E-state index contributed by atoms with van der Waals surface area (Å²) >= 11 is 0. The summed E-state index contributed by atoms with van der Waals surface area (Å²) < 4.78 is 5.50. The topological polar surface area (TPSA) is 59.9 Å². The van der Waals surface area contributed by atoms with Gasteiger partial charge in [0.15, 0.2) is 5.82 Å². The van der Waals surface area contributed by atoms with Crippen molar-refractivity contribution in [1.29, 1.82) is 0 Å². The molecule has 0 saturated carbocycles. The van der Waals surface area contributed by atoms with Gasteiger partial charge in [-0.2, -0.15) is 5.10 Å². The number of aromatic nitrogens is 3. The van der Waals surface area contributed by atoms with Crippen molar-refractivity contribution < 1.29 is 4.74 Å². The first-order chi connectivity index (χ1) is 13.6. The van der Waals surface area contributed by atoms with Crippen LogP contribution in [-0.4, -0.2) is 34.4 Å². The van der Waals surface area contributed by atoms with Crippen LogP contribution in [0, 0.1) is 12.8 Å². The van der Waals surface area contributed by atoms with Crippen molar-refractivity contribution in [2.75, 3.05) is 18.5 Å². The second-order valence-electron chi connectivity index (χ2n) is 7.81. The number of ether oxygens (including phenoxy) is 1. The monoisotopic (exact) mass is 376 g/mol. The van der Waals surface area contributed by atoms with E-state index in [1.54, 1.807) is 0 Å². The normalized spacial score (nSPS) is 17.4. The highest BCUT2D eigenvalue weighted by atomic mass is 16.5. The van der Waals surface area contributed by atoms with E-state index in [9.17, 15) is 0 Å². The highest BCUT2D eigenvalue weighted by molar-refractivity contribution is 5.93. The highest BCUT2D eigenvalue weighted by Gasteiger charge is 2.22. The number of nitrogens with zero attached hydrogens (tertiary/aromatic N) is 3. The quantitative estimate of drug-likeness (QED) is 0.699. The smallest absolute Gasteiger partial charge is 0.156 e. The van der Waals surface area contributed by atoms with Crippen molar-refractivity contribution in [3.8, 4) is 0 Å². The van der Waals surface area contributed by atoms with Crippen LogP contribution >= 0.6 is 0 Å². The molecule has 1 N–H and O–H groups in total. The molecule has 0 aliphatic carbocycles. The first kappa shape index (κ1) is 18.8. The average molecular weight is 377 g/mol. The first-order valence-electron chi connectivity index (χ1n) is 10.2. The zero-order valence-electron chi connectivity index (χ0n) is 16.9. The molecule has 3 aromatic rings. The van der Waals surface area contributed by atoms with Crippen molar-refractivity contribution in [2.45, 2.75) is 45.6 Å². The van der Waals surface area contributed by atoms with Gasteiger partial charge in [-0.1, -0.05) is 31.2 Å². The van der Waals surface area contributed by atoms with Gasteiger partial charge >= 0.3 is 0 Å². The summed E-state index contributed by atoms with van der Waals surface area (Å²) in [6.45, 7) is 8.15. The molecule has 4 rings (SSSR count). The summed E-state index contributed by atoms with van der Waals surface area (Å²) in [4.78, 5) is 4.31. The van der Waals surface area contributed by atoms with Crippen LogP contribution in [0.25, 0.3) is 10.8 Å². The van der Waals surface area contributed by atoms with E-state index in [-0.39, 0.29) is 5.92 Å². The fraction of sp³-hybridized carbons (Fsp3) is 0.435. The largest absolute Gasteiger partial charge is 0.381 e. The minimum absolute atomic E-state index is 0.154. The van der Waals surface area contributed by atoms with Crippen molar-refractivity contribution in [2.24, 2.45) is 5.92 Å². The molecule has 0 bridgehead atoms. The molecule has 0 radical (unpaired) electrons. The van der Waals surface area contributed by atoms with E-state index < -0.39 is 0 Å². The second-order valence-corrected chi connectivity index (χ2v) is 7.81. The van der Waals surface area contributed by atoms with Crippen LogP contribution in [0.5, 0.6) is 0 Å². The van der Waals surface area contributed by atoms with Crippen LogP contribution in [0.15, 0.2) is 42.6 Å². The lowest BCUT2D eigenvalue weighted by Crippen LogP contribution is -2.31. The van der Waals surface area contributed by atoms with E-state index in [1.807, 2.05) is 13.1 Å². The molecule has 1 aliphatic heterocycles. The number of nitrogens with one attached hydrogen (secondary N) is 1.